The molecule has 4 aromatic rings. The molecular formula is C25H18F2N4O2. The van der Waals surface area contributed by atoms with Crippen molar-refractivity contribution >= 4 is 34.3 Å². The van der Waals surface area contributed by atoms with Crippen molar-refractivity contribution in [3.8, 4) is 11.8 Å². The lowest BCUT2D eigenvalue weighted by molar-refractivity contribution is -0.118. The van der Waals surface area contributed by atoms with Crippen molar-refractivity contribution in [3.05, 3.63) is 89.2 Å². The summed E-state index contributed by atoms with van der Waals surface area (Å²) in [5.74, 6) is -1.29. The fraction of sp³-hybridized carbons (Fsp3) is 0.0800. The van der Waals surface area contributed by atoms with Crippen LogP contribution in [0.3, 0.4) is 0 Å². The SMILES string of the molecule is Cc1ccc2nc(/C(C#N)=C/c3ccc(OCC(=O)Nc4ccc(F)cc4F)cc3)[nH]c2c1. The molecule has 0 atom stereocenters. The Balaban J connectivity index is 1.41. The van der Waals surface area contributed by atoms with E-state index in [2.05, 4.69) is 21.4 Å². The van der Waals surface area contributed by atoms with Gasteiger partial charge in [-0.15, -0.1) is 0 Å². The van der Waals surface area contributed by atoms with Crippen LogP contribution in [0.2, 0.25) is 0 Å². The Hall–Kier alpha value is -4.51. The zero-order valence-electron chi connectivity index (χ0n) is 17.5. The predicted octanol–water partition coefficient (Wildman–Crippen LogP) is 5.23. The normalized spacial score (nSPS) is 11.3. The van der Waals surface area contributed by atoms with Crippen LogP contribution in [0.25, 0.3) is 22.7 Å². The summed E-state index contributed by atoms with van der Waals surface area (Å²) in [7, 11) is 0. The molecule has 0 fully saturated rings. The molecule has 0 saturated heterocycles. The summed E-state index contributed by atoms with van der Waals surface area (Å²) in [6.45, 7) is 1.63. The Morgan fingerprint density at radius 2 is 1.94 bits per heavy atom. The average molecular weight is 444 g/mol. The Kier molecular flexibility index (Phi) is 6.13. The highest BCUT2D eigenvalue weighted by Gasteiger charge is 2.10. The van der Waals surface area contributed by atoms with E-state index in [4.69, 9.17) is 4.74 Å². The number of imidazole rings is 1. The second kappa shape index (κ2) is 9.32. The number of nitrogens with zero attached hydrogens (tertiary/aromatic N) is 2. The first kappa shape index (κ1) is 21.7. The van der Waals surface area contributed by atoms with Crippen molar-refractivity contribution in [2.75, 3.05) is 11.9 Å². The largest absolute Gasteiger partial charge is 0.484 e. The van der Waals surface area contributed by atoms with Crippen molar-refractivity contribution in [1.29, 1.82) is 5.26 Å². The van der Waals surface area contributed by atoms with E-state index in [1.165, 1.54) is 0 Å². The van der Waals surface area contributed by atoms with Gasteiger partial charge in [-0.3, -0.25) is 4.79 Å². The van der Waals surface area contributed by atoms with Gasteiger partial charge in [-0.25, -0.2) is 13.8 Å². The summed E-state index contributed by atoms with van der Waals surface area (Å²) in [6.07, 6.45) is 1.69. The minimum absolute atomic E-state index is 0.129. The third-order valence-electron chi connectivity index (χ3n) is 4.78. The van der Waals surface area contributed by atoms with Gasteiger partial charge in [0.2, 0.25) is 0 Å². The lowest BCUT2D eigenvalue weighted by Crippen LogP contribution is -2.20. The fourth-order valence-corrected chi connectivity index (χ4v) is 3.16. The Morgan fingerprint density at radius 3 is 2.67 bits per heavy atom. The number of aryl methyl sites for hydroxylation is 1. The maximum Gasteiger partial charge on any atom is 0.262 e. The van der Waals surface area contributed by atoms with E-state index in [-0.39, 0.29) is 12.3 Å². The number of benzene rings is 3. The van der Waals surface area contributed by atoms with Crippen LogP contribution in [-0.4, -0.2) is 22.5 Å². The van der Waals surface area contributed by atoms with E-state index in [0.717, 1.165) is 34.3 Å². The molecule has 0 aliphatic carbocycles. The van der Waals surface area contributed by atoms with Gasteiger partial charge in [0.25, 0.3) is 5.91 Å². The summed E-state index contributed by atoms with van der Waals surface area (Å²) in [4.78, 5) is 19.6. The van der Waals surface area contributed by atoms with Gasteiger partial charge >= 0.3 is 0 Å². The van der Waals surface area contributed by atoms with E-state index in [1.54, 1.807) is 30.3 Å². The van der Waals surface area contributed by atoms with Gasteiger partial charge in [0.05, 0.1) is 22.3 Å². The number of aromatic amines is 1. The van der Waals surface area contributed by atoms with Crippen molar-refractivity contribution < 1.29 is 18.3 Å². The molecule has 0 unspecified atom stereocenters. The molecule has 0 aliphatic rings. The van der Waals surface area contributed by atoms with Crippen LogP contribution in [0.15, 0.2) is 60.7 Å². The van der Waals surface area contributed by atoms with Crippen LogP contribution in [0, 0.1) is 29.9 Å². The third-order valence-corrected chi connectivity index (χ3v) is 4.78. The number of carbonyl (C=O) groups excluding carboxylic acids is 1. The lowest BCUT2D eigenvalue weighted by atomic mass is 10.1. The number of H-pyrrole nitrogens is 1. The lowest BCUT2D eigenvalue weighted by Gasteiger charge is -2.08. The second-order valence-corrected chi connectivity index (χ2v) is 7.31. The number of rotatable bonds is 6. The van der Waals surface area contributed by atoms with Crippen LogP contribution >= 0.6 is 0 Å². The molecule has 0 aliphatic heterocycles. The van der Waals surface area contributed by atoms with Crippen LogP contribution in [0.1, 0.15) is 17.0 Å². The zero-order valence-corrected chi connectivity index (χ0v) is 17.5. The molecule has 3 aromatic carbocycles. The van der Waals surface area contributed by atoms with E-state index >= 15 is 0 Å². The van der Waals surface area contributed by atoms with E-state index in [0.29, 0.717) is 23.2 Å². The highest BCUT2D eigenvalue weighted by Crippen LogP contribution is 2.21. The maximum absolute atomic E-state index is 13.6. The molecular weight excluding hydrogens is 426 g/mol. The molecule has 0 radical (unpaired) electrons. The van der Waals surface area contributed by atoms with Crippen LogP contribution < -0.4 is 10.1 Å². The first-order chi connectivity index (χ1) is 15.9. The van der Waals surface area contributed by atoms with E-state index in [1.807, 2.05) is 25.1 Å². The molecule has 1 amide bonds. The molecule has 8 heteroatoms. The zero-order chi connectivity index (χ0) is 23.4. The summed E-state index contributed by atoms with van der Waals surface area (Å²) < 4.78 is 32.0. The van der Waals surface area contributed by atoms with E-state index < -0.39 is 17.5 Å². The number of hydrogen-bond donors (Lipinski definition) is 2. The van der Waals surface area contributed by atoms with Crippen LogP contribution in [-0.2, 0) is 4.79 Å². The first-order valence-electron chi connectivity index (χ1n) is 9.97. The van der Waals surface area contributed by atoms with Gasteiger partial charge < -0.3 is 15.0 Å². The topological polar surface area (TPSA) is 90.8 Å². The molecule has 0 saturated carbocycles. The van der Waals surface area contributed by atoms with Gasteiger partial charge in [0, 0.05) is 6.07 Å². The van der Waals surface area contributed by atoms with Gasteiger partial charge in [-0.1, -0.05) is 18.2 Å². The second-order valence-electron chi connectivity index (χ2n) is 7.31. The summed E-state index contributed by atoms with van der Waals surface area (Å²) in [5.41, 5.74) is 3.71. The minimum atomic E-state index is -0.868. The number of fused-ring (bicyclic) bond motifs is 1. The number of amides is 1. The molecule has 0 bridgehead atoms. The van der Waals surface area contributed by atoms with Crippen LogP contribution in [0.4, 0.5) is 14.5 Å². The van der Waals surface area contributed by atoms with Gasteiger partial charge in [0.15, 0.2) is 6.61 Å². The minimum Gasteiger partial charge on any atom is -0.484 e. The molecule has 0 spiro atoms. The van der Waals surface area contributed by atoms with Crippen molar-refractivity contribution in [3.63, 3.8) is 0 Å². The number of aromatic nitrogens is 2. The number of allylic oxidation sites excluding steroid dienone is 1. The molecule has 2 N–H and O–H groups in total. The summed E-state index contributed by atoms with van der Waals surface area (Å²) in [6, 6.07) is 17.6. The smallest absolute Gasteiger partial charge is 0.262 e. The molecule has 33 heavy (non-hydrogen) atoms. The predicted molar refractivity (Wildman–Crippen MR) is 121 cm³/mol. The van der Waals surface area contributed by atoms with Crippen molar-refractivity contribution in [2.45, 2.75) is 6.92 Å². The average Bonchev–Trinajstić information content (AvgIpc) is 3.21. The number of nitrogens with one attached hydrogen (secondary N) is 2. The highest BCUT2D eigenvalue weighted by molar-refractivity contribution is 5.92. The number of anilines is 1. The third kappa shape index (κ3) is 5.22. The molecule has 1 heterocycles. The van der Waals surface area contributed by atoms with E-state index in [9.17, 15) is 18.8 Å². The fourth-order valence-electron chi connectivity index (χ4n) is 3.16. The quantitative estimate of drug-likeness (QED) is 0.399. The summed E-state index contributed by atoms with van der Waals surface area (Å²) >= 11 is 0. The molecule has 4 rings (SSSR count). The first-order valence-corrected chi connectivity index (χ1v) is 9.97. The number of hydrogen-bond acceptors (Lipinski definition) is 4. The standard InChI is InChI=1S/C25H18F2N4O2/c1-15-2-8-22-23(10-15)31-25(30-22)17(13-28)11-16-3-6-19(7-4-16)33-14-24(32)29-21-9-5-18(26)12-20(21)27/h2-12H,14H2,1H3,(H,29,32)(H,30,31)/b17-11+. The Morgan fingerprint density at radius 1 is 1.15 bits per heavy atom. The van der Waals surface area contributed by atoms with Gasteiger partial charge in [-0.05, 0) is 60.5 Å². The number of halogens is 2. The number of carbonyl (C=O) groups is 1. The maximum atomic E-state index is 13.6. The number of ether oxygens (including phenoxy) is 1. The molecule has 1 aromatic heterocycles. The molecule has 164 valence electrons. The van der Waals surface area contributed by atoms with Crippen LogP contribution in [0.5, 0.6) is 5.75 Å². The highest BCUT2D eigenvalue weighted by atomic mass is 19.1. The Labute approximate surface area is 188 Å². The van der Waals surface area contributed by atoms with Gasteiger partial charge in [-0.2, -0.15) is 5.26 Å². The molecule has 6 nitrogen and oxygen atoms in total. The Bertz CT molecular complexity index is 1400. The number of nitriles is 1. The summed E-state index contributed by atoms with van der Waals surface area (Å²) in [5, 5.41) is 11.9. The van der Waals surface area contributed by atoms with Crippen molar-refractivity contribution in [2.24, 2.45) is 0 Å². The van der Waals surface area contributed by atoms with Crippen molar-refractivity contribution in [1.82, 2.24) is 9.97 Å². The van der Waals surface area contributed by atoms with Gasteiger partial charge in [0.1, 0.15) is 29.3 Å². The monoisotopic (exact) mass is 444 g/mol.